The molecule has 0 aliphatic heterocycles. The van der Waals surface area contributed by atoms with E-state index in [1.54, 1.807) is 0 Å². The molecule has 4 heteroatoms. The molecule has 0 amide bonds. The number of rotatable bonds is 8. The zero-order chi connectivity index (χ0) is 45.6. The standard InChI is InChI=1S/C64H46N4/c1-41-35-51(56-27-11-19-45-25-13-33-65-60(45)56)29-31-54(41)62-59-40-53(49-23-9-21-47(37-49)43-15-5-3-6-16-43)39-58(50-24-10-22-48(38-50)44-17-7-4-8-18-44)63(59)68-64(67-62)55-32-30-52(36-42(55)2)57-28-12-20-46-26-14-34-66-61(46)57/h3-40,42,55H,1-2H3. The molecule has 0 fully saturated rings. The Morgan fingerprint density at radius 2 is 0.956 bits per heavy atom. The van der Waals surface area contributed by atoms with E-state index in [2.05, 4.69) is 220 Å². The van der Waals surface area contributed by atoms with E-state index in [-0.39, 0.29) is 11.8 Å². The minimum absolute atomic E-state index is 0.0723. The van der Waals surface area contributed by atoms with Crippen LogP contribution in [0.2, 0.25) is 0 Å². The molecule has 11 aromatic rings. The van der Waals surface area contributed by atoms with Crippen molar-refractivity contribution in [2.24, 2.45) is 5.92 Å². The van der Waals surface area contributed by atoms with Gasteiger partial charge in [0.25, 0.3) is 0 Å². The highest BCUT2D eigenvalue weighted by Gasteiger charge is 2.26. The lowest BCUT2D eigenvalue weighted by Crippen LogP contribution is -2.14. The summed E-state index contributed by atoms with van der Waals surface area (Å²) in [6.45, 7) is 4.49. The van der Waals surface area contributed by atoms with Crippen molar-refractivity contribution < 1.29 is 0 Å². The Morgan fingerprint density at radius 3 is 1.62 bits per heavy atom. The van der Waals surface area contributed by atoms with E-state index in [1.165, 1.54) is 16.7 Å². The third-order valence-corrected chi connectivity index (χ3v) is 13.6. The van der Waals surface area contributed by atoms with Gasteiger partial charge in [-0.25, -0.2) is 9.97 Å². The average Bonchev–Trinajstić information content (AvgIpc) is 3.40. The van der Waals surface area contributed by atoms with Gasteiger partial charge in [0.05, 0.1) is 22.2 Å². The van der Waals surface area contributed by atoms with Crippen LogP contribution < -0.4 is 0 Å². The molecule has 0 N–H and O–H groups in total. The fourth-order valence-corrected chi connectivity index (χ4v) is 10.1. The first-order valence-corrected chi connectivity index (χ1v) is 23.4. The first-order chi connectivity index (χ1) is 33.5. The van der Waals surface area contributed by atoms with Crippen LogP contribution in [0.25, 0.3) is 105 Å². The number of pyridine rings is 2. The number of aryl methyl sites for hydroxylation is 1. The van der Waals surface area contributed by atoms with Gasteiger partial charge in [-0.1, -0.05) is 189 Å². The van der Waals surface area contributed by atoms with Crippen molar-refractivity contribution in [1.29, 1.82) is 0 Å². The number of fused-ring (bicyclic) bond motifs is 3. The number of allylic oxidation sites excluding steroid dienone is 4. The number of para-hydroxylation sites is 2. The van der Waals surface area contributed by atoms with E-state index < -0.39 is 0 Å². The van der Waals surface area contributed by atoms with Crippen LogP contribution in [0.5, 0.6) is 0 Å². The molecule has 68 heavy (non-hydrogen) atoms. The van der Waals surface area contributed by atoms with Gasteiger partial charge in [-0.15, -0.1) is 0 Å². The quantitative estimate of drug-likeness (QED) is 0.153. The maximum atomic E-state index is 5.69. The van der Waals surface area contributed by atoms with Crippen LogP contribution in [0.3, 0.4) is 0 Å². The second kappa shape index (κ2) is 17.3. The van der Waals surface area contributed by atoms with Crippen LogP contribution in [0.15, 0.2) is 231 Å². The van der Waals surface area contributed by atoms with Crippen molar-refractivity contribution in [1.82, 2.24) is 19.9 Å². The molecule has 0 saturated carbocycles. The van der Waals surface area contributed by atoms with Crippen molar-refractivity contribution >= 4 is 38.3 Å². The number of hydrogen-bond donors (Lipinski definition) is 0. The summed E-state index contributed by atoms with van der Waals surface area (Å²) in [5, 5.41) is 3.25. The number of hydrogen-bond acceptors (Lipinski definition) is 4. The zero-order valence-corrected chi connectivity index (χ0v) is 37.9. The first-order valence-electron chi connectivity index (χ1n) is 23.4. The summed E-state index contributed by atoms with van der Waals surface area (Å²) in [6.07, 6.45) is 10.7. The van der Waals surface area contributed by atoms with Crippen LogP contribution in [0.1, 0.15) is 29.8 Å². The second-order valence-electron chi connectivity index (χ2n) is 17.9. The topological polar surface area (TPSA) is 51.6 Å². The van der Waals surface area contributed by atoms with E-state index in [4.69, 9.17) is 19.9 Å². The highest BCUT2D eigenvalue weighted by molar-refractivity contribution is 6.05. The van der Waals surface area contributed by atoms with Crippen LogP contribution in [-0.2, 0) is 0 Å². The van der Waals surface area contributed by atoms with Gasteiger partial charge in [-0.05, 0) is 105 Å². The van der Waals surface area contributed by atoms with Gasteiger partial charge in [-0.2, -0.15) is 0 Å². The van der Waals surface area contributed by atoms with Crippen molar-refractivity contribution in [2.45, 2.75) is 19.8 Å². The molecule has 2 unspecified atom stereocenters. The molecular formula is C64H46N4. The van der Waals surface area contributed by atoms with Gasteiger partial charge in [0.1, 0.15) is 5.82 Å². The lowest BCUT2D eigenvalue weighted by molar-refractivity contribution is 0.607. The van der Waals surface area contributed by atoms with Gasteiger partial charge in [0, 0.05) is 56.7 Å². The fraction of sp³-hybridized carbons (Fsp3) is 0.0625. The predicted molar refractivity (Wildman–Crippen MR) is 283 cm³/mol. The molecule has 4 nitrogen and oxygen atoms in total. The van der Waals surface area contributed by atoms with Crippen molar-refractivity contribution in [3.05, 3.63) is 248 Å². The van der Waals surface area contributed by atoms with Crippen LogP contribution >= 0.6 is 0 Å². The molecule has 0 bridgehead atoms. The Morgan fingerprint density at radius 1 is 0.397 bits per heavy atom. The summed E-state index contributed by atoms with van der Waals surface area (Å²) in [5.74, 6) is 0.826. The molecule has 3 aromatic heterocycles. The summed E-state index contributed by atoms with van der Waals surface area (Å²) >= 11 is 0. The largest absolute Gasteiger partial charge is 0.256 e. The molecule has 0 spiro atoms. The first kappa shape index (κ1) is 40.9. The Kier molecular flexibility index (Phi) is 10.4. The lowest BCUT2D eigenvalue weighted by atomic mass is 9.83. The molecular weight excluding hydrogens is 825 g/mol. The van der Waals surface area contributed by atoms with Gasteiger partial charge in [0.15, 0.2) is 0 Å². The van der Waals surface area contributed by atoms with Crippen LogP contribution in [0.4, 0.5) is 0 Å². The Balaban J connectivity index is 1.08. The van der Waals surface area contributed by atoms with Crippen molar-refractivity contribution in [2.75, 3.05) is 0 Å². The third kappa shape index (κ3) is 7.56. The summed E-state index contributed by atoms with van der Waals surface area (Å²) in [6, 6.07) is 71.5. The molecule has 8 aromatic carbocycles. The molecule has 2 atom stereocenters. The highest BCUT2D eigenvalue weighted by Crippen LogP contribution is 2.43. The predicted octanol–water partition coefficient (Wildman–Crippen LogP) is 16.4. The maximum absolute atomic E-state index is 5.69. The Hall–Kier alpha value is -8.60. The molecule has 0 saturated heterocycles. The number of benzene rings is 8. The molecule has 0 radical (unpaired) electrons. The summed E-state index contributed by atoms with van der Waals surface area (Å²) < 4.78 is 0. The minimum atomic E-state index is -0.0723. The van der Waals surface area contributed by atoms with Crippen LogP contribution in [0, 0.1) is 12.8 Å². The summed E-state index contributed by atoms with van der Waals surface area (Å²) in [7, 11) is 0. The van der Waals surface area contributed by atoms with E-state index in [9.17, 15) is 0 Å². The van der Waals surface area contributed by atoms with E-state index >= 15 is 0 Å². The van der Waals surface area contributed by atoms with E-state index in [0.717, 1.165) is 105 Å². The highest BCUT2D eigenvalue weighted by atomic mass is 14.9. The molecule has 1 aliphatic carbocycles. The molecule has 322 valence electrons. The Bertz CT molecular complexity index is 3770. The average molecular weight is 871 g/mol. The minimum Gasteiger partial charge on any atom is -0.256 e. The molecule has 1 aliphatic rings. The number of aromatic nitrogens is 4. The number of nitrogens with zero attached hydrogens (tertiary/aromatic N) is 4. The monoisotopic (exact) mass is 870 g/mol. The normalized spacial score (nSPS) is 14.6. The Labute approximate surface area is 396 Å². The maximum Gasteiger partial charge on any atom is 0.137 e. The lowest BCUT2D eigenvalue weighted by Gasteiger charge is -2.24. The SMILES string of the molecule is Cc1cc(-c2cccc3cccnc23)ccc1-c1nc(C2C=CC(c3cccc4cccnc34)=CC2C)nc2c(-c3cccc(-c4ccccc4)c3)cc(-c3cccc(-c4ccccc4)c3)cc12. The molecule has 12 rings (SSSR count). The summed E-state index contributed by atoms with van der Waals surface area (Å²) in [4.78, 5) is 21.0. The van der Waals surface area contributed by atoms with Gasteiger partial charge in [-0.3, -0.25) is 9.97 Å². The van der Waals surface area contributed by atoms with Gasteiger partial charge >= 0.3 is 0 Å². The third-order valence-electron chi connectivity index (χ3n) is 13.6. The molecule has 3 heterocycles. The smallest absolute Gasteiger partial charge is 0.137 e. The van der Waals surface area contributed by atoms with Crippen molar-refractivity contribution in [3.63, 3.8) is 0 Å². The zero-order valence-electron chi connectivity index (χ0n) is 37.9. The van der Waals surface area contributed by atoms with Crippen molar-refractivity contribution in [3.8, 4) is 66.9 Å². The summed E-state index contributed by atoms with van der Waals surface area (Å²) in [5.41, 5.74) is 19.6. The second-order valence-corrected chi connectivity index (χ2v) is 17.9. The van der Waals surface area contributed by atoms with Gasteiger partial charge in [0.2, 0.25) is 0 Å². The van der Waals surface area contributed by atoms with E-state index in [0.29, 0.717) is 0 Å². The fourth-order valence-electron chi connectivity index (χ4n) is 10.1. The van der Waals surface area contributed by atoms with Crippen LogP contribution in [-0.4, -0.2) is 19.9 Å². The van der Waals surface area contributed by atoms with Gasteiger partial charge < -0.3 is 0 Å². The van der Waals surface area contributed by atoms with E-state index in [1.807, 2.05) is 24.5 Å².